The Morgan fingerprint density at radius 2 is 1.90 bits per heavy atom. The van der Waals surface area contributed by atoms with Crippen molar-refractivity contribution in [1.29, 1.82) is 0 Å². The molecule has 30 heavy (non-hydrogen) atoms. The standard InChI is InChI=1S/C18H27N3O2.C2HF3O2/c1-2-23-15-17(22)20-11-7-18(8-12-20)6-4-10-21(18)14-16-5-3-9-19-13-16;3-2(4,5)1(6)7/h3,5,9,13H,2,4,6-8,10-12,14-15H2,1H3;(H,6,7). The summed E-state index contributed by atoms with van der Waals surface area (Å²) in [5.74, 6) is -2.62. The van der Waals surface area contributed by atoms with E-state index in [1.165, 1.54) is 18.4 Å². The Labute approximate surface area is 173 Å². The molecule has 0 aromatic carbocycles. The first-order valence-electron chi connectivity index (χ1n) is 9.97. The zero-order chi connectivity index (χ0) is 22.2. The van der Waals surface area contributed by atoms with E-state index in [9.17, 15) is 18.0 Å². The van der Waals surface area contributed by atoms with Gasteiger partial charge in [0.15, 0.2) is 0 Å². The number of piperidine rings is 1. The number of rotatable bonds is 5. The minimum absolute atomic E-state index is 0.138. The number of hydrogen-bond donors (Lipinski definition) is 1. The maximum atomic E-state index is 12.1. The average Bonchev–Trinajstić information content (AvgIpc) is 3.08. The fraction of sp³-hybridized carbons (Fsp3) is 0.650. The molecular weight excluding hydrogens is 403 g/mol. The van der Waals surface area contributed by atoms with Gasteiger partial charge in [-0.2, -0.15) is 13.2 Å². The first-order valence-corrected chi connectivity index (χ1v) is 9.97. The van der Waals surface area contributed by atoms with E-state index in [4.69, 9.17) is 14.6 Å². The number of likely N-dealkylation sites (tertiary alicyclic amines) is 2. The third kappa shape index (κ3) is 6.66. The zero-order valence-electron chi connectivity index (χ0n) is 17.0. The quantitative estimate of drug-likeness (QED) is 0.772. The lowest BCUT2D eigenvalue weighted by molar-refractivity contribution is -0.192. The minimum atomic E-state index is -5.08. The highest BCUT2D eigenvalue weighted by Crippen LogP contribution is 2.39. The predicted octanol–water partition coefficient (Wildman–Crippen LogP) is 2.71. The molecule has 1 aromatic heterocycles. The van der Waals surface area contributed by atoms with Crippen molar-refractivity contribution in [3.8, 4) is 0 Å². The van der Waals surface area contributed by atoms with E-state index in [0.29, 0.717) is 6.61 Å². The second kappa shape index (κ2) is 10.7. The number of hydrogen-bond acceptors (Lipinski definition) is 5. The number of nitrogens with zero attached hydrogens (tertiary/aromatic N) is 3. The van der Waals surface area contributed by atoms with Gasteiger partial charge in [-0.05, 0) is 50.8 Å². The number of carbonyl (C=O) groups is 2. The summed E-state index contributed by atoms with van der Waals surface area (Å²) < 4.78 is 37.0. The van der Waals surface area contributed by atoms with Crippen LogP contribution < -0.4 is 0 Å². The van der Waals surface area contributed by atoms with Crippen LogP contribution in [-0.4, -0.2) is 76.3 Å². The van der Waals surface area contributed by atoms with Gasteiger partial charge in [-0.1, -0.05) is 6.07 Å². The van der Waals surface area contributed by atoms with Crippen LogP contribution >= 0.6 is 0 Å². The van der Waals surface area contributed by atoms with Crippen molar-refractivity contribution in [3.63, 3.8) is 0 Å². The fourth-order valence-electron chi connectivity index (χ4n) is 3.97. The monoisotopic (exact) mass is 431 g/mol. The zero-order valence-corrected chi connectivity index (χ0v) is 17.0. The van der Waals surface area contributed by atoms with Crippen LogP contribution in [0.15, 0.2) is 24.5 Å². The Kier molecular flexibility index (Phi) is 8.60. The van der Waals surface area contributed by atoms with E-state index >= 15 is 0 Å². The lowest BCUT2D eigenvalue weighted by Crippen LogP contribution is -2.53. The van der Waals surface area contributed by atoms with Crippen LogP contribution in [0, 0.1) is 0 Å². The van der Waals surface area contributed by atoms with Crippen molar-refractivity contribution in [3.05, 3.63) is 30.1 Å². The van der Waals surface area contributed by atoms with Gasteiger partial charge in [0.05, 0.1) is 0 Å². The van der Waals surface area contributed by atoms with E-state index in [1.807, 2.05) is 30.3 Å². The Bertz CT molecular complexity index is 692. The molecular formula is C20H28F3N3O4. The van der Waals surface area contributed by atoms with Gasteiger partial charge in [0, 0.05) is 44.2 Å². The third-order valence-corrected chi connectivity index (χ3v) is 5.56. The number of aromatic nitrogens is 1. The molecule has 2 fully saturated rings. The topological polar surface area (TPSA) is 83.0 Å². The molecule has 0 unspecified atom stereocenters. The lowest BCUT2D eigenvalue weighted by Gasteiger charge is -2.45. The van der Waals surface area contributed by atoms with Gasteiger partial charge in [-0.25, -0.2) is 4.79 Å². The number of pyridine rings is 1. The summed E-state index contributed by atoms with van der Waals surface area (Å²) in [5.41, 5.74) is 1.56. The molecule has 1 N–H and O–H groups in total. The van der Waals surface area contributed by atoms with Crippen molar-refractivity contribution in [2.45, 2.75) is 50.9 Å². The van der Waals surface area contributed by atoms with Crippen molar-refractivity contribution in [2.75, 3.05) is 32.8 Å². The van der Waals surface area contributed by atoms with E-state index in [1.54, 1.807) is 0 Å². The second-order valence-corrected chi connectivity index (χ2v) is 7.43. The number of aliphatic carboxylic acids is 1. The molecule has 1 spiro atoms. The normalized spacial score (nSPS) is 18.7. The van der Waals surface area contributed by atoms with E-state index in [2.05, 4.69) is 16.0 Å². The van der Waals surface area contributed by atoms with Gasteiger partial charge in [0.1, 0.15) is 6.61 Å². The molecule has 7 nitrogen and oxygen atoms in total. The summed E-state index contributed by atoms with van der Waals surface area (Å²) in [4.78, 5) is 29.8. The van der Waals surface area contributed by atoms with Crippen molar-refractivity contribution < 1.29 is 32.6 Å². The number of carbonyl (C=O) groups excluding carboxylic acids is 1. The summed E-state index contributed by atoms with van der Waals surface area (Å²) in [6.45, 7) is 6.59. The Morgan fingerprint density at radius 3 is 2.43 bits per heavy atom. The van der Waals surface area contributed by atoms with Crippen LogP contribution in [0.3, 0.4) is 0 Å². The molecule has 2 aliphatic heterocycles. The van der Waals surface area contributed by atoms with Crippen molar-refractivity contribution >= 4 is 11.9 Å². The van der Waals surface area contributed by atoms with Gasteiger partial charge in [0.2, 0.25) is 5.91 Å². The maximum Gasteiger partial charge on any atom is 0.490 e. The highest BCUT2D eigenvalue weighted by atomic mass is 19.4. The van der Waals surface area contributed by atoms with Crippen LogP contribution in [0.2, 0.25) is 0 Å². The molecule has 0 bridgehead atoms. The number of ether oxygens (including phenoxy) is 1. The molecule has 1 aromatic rings. The molecule has 168 valence electrons. The van der Waals surface area contributed by atoms with Gasteiger partial charge in [-0.15, -0.1) is 0 Å². The Morgan fingerprint density at radius 1 is 1.23 bits per heavy atom. The number of amides is 1. The summed E-state index contributed by atoms with van der Waals surface area (Å²) in [6, 6.07) is 4.16. The average molecular weight is 431 g/mol. The molecule has 0 radical (unpaired) electrons. The largest absolute Gasteiger partial charge is 0.490 e. The minimum Gasteiger partial charge on any atom is -0.475 e. The highest BCUT2D eigenvalue weighted by Gasteiger charge is 2.43. The smallest absolute Gasteiger partial charge is 0.475 e. The molecule has 2 saturated heterocycles. The summed E-state index contributed by atoms with van der Waals surface area (Å²) in [5, 5.41) is 7.12. The Hall–Kier alpha value is -2.20. The van der Waals surface area contributed by atoms with Crippen LogP contribution in [0.5, 0.6) is 0 Å². The number of halogens is 3. The van der Waals surface area contributed by atoms with E-state index < -0.39 is 12.1 Å². The number of alkyl halides is 3. The van der Waals surface area contributed by atoms with Gasteiger partial charge in [-0.3, -0.25) is 14.7 Å². The van der Waals surface area contributed by atoms with Gasteiger partial charge >= 0.3 is 12.1 Å². The molecule has 1 amide bonds. The number of carboxylic acids is 1. The Balaban J connectivity index is 0.000000396. The lowest BCUT2D eigenvalue weighted by atomic mass is 9.84. The second-order valence-electron chi connectivity index (χ2n) is 7.43. The SMILES string of the molecule is CCOCC(=O)N1CCC2(CCCN2Cc2cccnc2)CC1.O=C(O)C(F)(F)F. The summed E-state index contributed by atoms with van der Waals surface area (Å²) >= 11 is 0. The summed E-state index contributed by atoms with van der Waals surface area (Å²) in [6.07, 6.45) is 3.36. The first kappa shape index (κ1) is 24.1. The summed E-state index contributed by atoms with van der Waals surface area (Å²) in [7, 11) is 0. The molecule has 10 heteroatoms. The number of carboxylic acid groups (broad SMARTS) is 1. The van der Waals surface area contributed by atoms with Crippen molar-refractivity contribution in [1.82, 2.24) is 14.8 Å². The molecule has 2 aliphatic rings. The molecule has 0 saturated carbocycles. The molecule has 3 rings (SSSR count). The van der Waals surface area contributed by atoms with Crippen LogP contribution in [-0.2, 0) is 20.9 Å². The van der Waals surface area contributed by atoms with Gasteiger partial charge < -0.3 is 14.7 Å². The molecule has 0 aliphatic carbocycles. The first-order chi connectivity index (χ1) is 14.2. The van der Waals surface area contributed by atoms with Crippen molar-refractivity contribution in [2.24, 2.45) is 0 Å². The molecule has 0 atom stereocenters. The predicted molar refractivity (Wildman–Crippen MR) is 103 cm³/mol. The highest BCUT2D eigenvalue weighted by molar-refractivity contribution is 5.77. The van der Waals surface area contributed by atoms with Crippen LogP contribution in [0.4, 0.5) is 13.2 Å². The third-order valence-electron chi connectivity index (χ3n) is 5.56. The van der Waals surface area contributed by atoms with E-state index in [0.717, 1.165) is 39.0 Å². The van der Waals surface area contributed by atoms with E-state index in [-0.39, 0.29) is 18.1 Å². The fourth-order valence-corrected chi connectivity index (χ4v) is 3.97. The van der Waals surface area contributed by atoms with Crippen LogP contribution in [0.1, 0.15) is 38.2 Å². The van der Waals surface area contributed by atoms with Crippen LogP contribution in [0.25, 0.3) is 0 Å². The van der Waals surface area contributed by atoms with Gasteiger partial charge in [0.25, 0.3) is 0 Å². The maximum absolute atomic E-state index is 12.1. The molecule has 3 heterocycles.